The molecule has 2 atom stereocenters. The fourth-order valence-electron chi connectivity index (χ4n) is 2.82. The van der Waals surface area contributed by atoms with E-state index < -0.39 is 6.10 Å². The van der Waals surface area contributed by atoms with Crippen molar-refractivity contribution in [3.63, 3.8) is 0 Å². The maximum absolute atomic E-state index is 11.5. The molecule has 0 aliphatic heterocycles. The maximum Gasteiger partial charge on any atom is 0.161 e. The molecule has 0 aliphatic rings. The van der Waals surface area contributed by atoms with E-state index in [1.807, 2.05) is 67.6 Å². The minimum atomic E-state index is -0.559. The molecule has 0 aliphatic carbocycles. The molecule has 0 bridgehead atoms. The summed E-state index contributed by atoms with van der Waals surface area (Å²) in [6.45, 7) is 1.98. The van der Waals surface area contributed by atoms with Gasteiger partial charge in [0.2, 0.25) is 0 Å². The quantitative estimate of drug-likeness (QED) is 0.409. The van der Waals surface area contributed by atoms with Gasteiger partial charge in [-0.2, -0.15) is 0 Å². The third kappa shape index (κ3) is 3.69. The van der Waals surface area contributed by atoms with Gasteiger partial charge in [-0.1, -0.05) is 55.5 Å². The Labute approximate surface area is 146 Å². The van der Waals surface area contributed by atoms with E-state index in [2.05, 4.69) is 0 Å². The minimum Gasteiger partial charge on any atom is -0.482 e. The highest BCUT2D eigenvalue weighted by Gasteiger charge is 2.20. The molecular formula is C21H20N2O2. The van der Waals surface area contributed by atoms with Crippen molar-refractivity contribution >= 4 is 22.9 Å². The lowest BCUT2D eigenvalue weighted by Gasteiger charge is -2.21. The number of nitrogen functional groups attached to an aromatic ring is 1. The van der Waals surface area contributed by atoms with Gasteiger partial charge in [0, 0.05) is 11.5 Å². The number of nitrogens with one attached hydrogen (secondary N) is 1. The van der Waals surface area contributed by atoms with Crippen LogP contribution in [0.15, 0.2) is 66.7 Å². The van der Waals surface area contributed by atoms with Crippen LogP contribution in [0.4, 0.5) is 0 Å². The van der Waals surface area contributed by atoms with Crippen LogP contribution in [0.5, 0.6) is 5.75 Å². The number of ether oxygens (including phenoxy) is 1. The highest BCUT2D eigenvalue weighted by Crippen LogP contribution is 2.26. The van der Waals surface area contributed by atoms with Crippen LogP contribution >= 0.6 is 0 Å². The third-order valence-electron chi connectivity index (χ3n) is 4.35. The molecule has 3 N–H and O–H groups in total. The lowest BCUT2D eigenvalue weighted by molar-refractivity contribution is -0.114. The summed E-state index contributed by atoms with van der Waals surface area (Å²) in [6, 6.07) is 21.1. The highest BCUT2D eigenvalue weighted by molar-refractivity contribution is 5.99. The molecular weight excluding hydrogens is 312 g/mol. The summed E-state index contributed by atoms with van der Waals surface area (Å²) >= 11 is 0. The Morgan fingerprint density at radius 2 is 1.72 bits per heavy atom. The van der Waals surface area contributed by atoms with E-state index in [0.717, 1.165) is 22.6 Å². The summed E-state index contributed by atoms with van der Waals surface area (Å²) in [6.07, 6.45) is 0.289. The number of carbonyl (C=O) groups excluding carboxylic acids is 1. The first kappa shape index (κ1) is 16.7. The minimum absolute atomic E-state index is 0.0416. The highest BCUT2D eigenvalue weighted by atomic mass is 16.5. The van der Waals surface area contributed by atoms with E-state index in [1.54, 1.807) is 6.07 Å². The van der Waals surface area contributed by atoms with Gasteiger partial charge >= 0.3 is 0 Å². The molecule has 3 aromatic carbocycles. The second-order valence-corrected chi connectivity index (χ2v) is 6.06. The Hall–Kier alpha value is -3.14. The molecule has 0 amide bonds. The van der Waals surface area contributed by atoms with Crippen molar-refractivity contribution in [2.75, 3.05) is 0 Å². The number of amidine groups is 1. The van der Waals surface area contributed by atoms with Crippen molar-refractivity contribution in [3.8, 4) is 5.75 Å². The Morgan fingerprint density at radius 3 is 2.40 bits per heavy atom. The van der Waals surface area contributed by atoms with Crippen LogP contribution in [0.2, 0.25) is 0 Å². The van der Waals surface area contributed by atoms with Crippen LogP contribution in [-0.4, -0.2) is 18.2 Å². The molecule has 0 saturated carbocycles. The van der Waals surface area contributed by atoms with Crippen molar-refractivity contribution in [1.29, 1.82) is 5.41 Å². The zero-order valence-electron chi connectivity index (χ0n) is 14.0. The molecule has 25 heavy (non-hydrogen) atoms. The van der Waals surface area contributed by atoms with Crippen LogP contribution in [0.3, 0.4) is 0 Å². The molecule has 0 heterocycles. The summed E-state index contributed by atoms with van der Waals surface area (Å²) in [5.41, 5.74) is 7.27. The second kappa shape index (κ2) is 7.18. The number of hydrogen-bond acceptors (Lipinski definition) is 3. The van der Waals surface area contributed by atoms with Gasteiger partial charge in [-0.25, -0.2) is 0 Å². The average molecular weight is 332 g/mol. The molecule has 0 aromatic heterocycles. The SMILES string of the molecule is CC(c1ccccc1)C(C=O)Oc1ccc2cc(C(=N)N)ccc2c1. The molecule has 0 saturated heterocycles. The van der Waals surface area contributed by atoms with Crippen molar-refractivity contribution in [2.45, 2.75) is 18.9 Å². The summed E-state index contributed by atoms with van der Waals surface area (Å²) in [4.78, 5) is 11.5. The normalized spacial score (nSPS) is 13.2. The predicted octanol–water partition coefficient (Wildman–Crippen LogP) is 3.87. The Kier molecular flexibility index (Phi) is 4.80. The fraction of sp³-hybridized carbons (Fsp3) is 0.143. The monoisotopic (exact) mass is 332 g/mol. The van der Waals surface area contributed by atoms with Crippen LogP contribution < -0.4 is 10.5 Å². The largest absolute Gasteiger partial charge is 0.482 e. The van der Waals surface area contributed by atoms with Crippen molar-refractivity contribution in [1.82, 2.24) is 0 Å². The average Bonchev–Trinajstić information content (AvgIpc) is 2.65. The van der Waals surface area contributed by atoms with Gasteiger partial charge < -0.3 is 10.5 Å². The molecule has 0 radical (unpaired) electrons. The Bertz CT molecular complexity index is 906. The number of hydrogen-bond donors (Lipinski definition) is 2. The molecule has 0 fully saturated rings. The van der Waals surface area contributed by atoms with Gasteiger partial charge in [-0.3, -0.25) is 10.2 Å². The van der Waals surface area contributed by atoms with Gasteiger partial charge in [0.05, 0.1) is 0 Å². The van der Waals surface area contributed by atoms with Crippen LogP contribution in [0, 0.1) is 5.41 Å². The number of nitrogens with two attached hydrogens (primary N) is 1. The lowest BCUT2D eigenvalue weighted by atomic mass is 9.96. The van der Waals surface area contributed by atoms with Gasteiger partial charge in [0.1, 0.15) is 11.6 Å². The summed E-state index contributed by atoms with van der Waals surface area (Å²) in [7, 11) is 0. The molecule has 2 unspecified atom stereocenters. The molecule has 4 nitrogen and oxygen atoms in total. The molecule has 3 aromatic rings. The van der Waals surface area contributed by atoms with E-state index in [4.69, 9.17) is 15.9 Å². The van der Waals surface area contributed by atoms with E-state index in [-0.39, 0.29) is 11.8 Å². The standard InChI is InChI=1S/C21H20N2O2/c1-14(15-5-3-2-4-6-15)20(13-24)25-19-10-9-16-11-18(21(22)23)8-7-17(16)12-19/h2-14,20H,1H3,(H3,22,23). The Balaban J connectivity index is 1.84. The zero-order valence-corrected chi connectivity index (χ0v) is 14.0. The summed E-state index contributed by atoms with van der Waals surface area (Å²) in [5, 5.41) is 9.46. The number of fused-ring (bicyclic) bond motifs is 1. The third-order valence-corrected chi connectivity index (χ3v) is 4.35. The van der Waals surface area contributed by atoms with E-state index in [0.29, 0.717) is 11.3 Å². The molecule has 126 valence electrons. The fourth-order valence-corrected chi connectivity index (χ4v) is 2.82. The van der Waals surface area contributed by atoms with Crippen molar-refractivity contribution in [2.24, 2.45) is 5.73 Å². The number of carbonyl (C=O) groups is 1. The van der Waals surface area contributed by atoms with Gasteiger partial charge in [0.15, 0.2) is 12.4 Å². The zero-order chi connectivity index (χ0) is 17.8. The summed E-state index contributed by atoms with van der Waals surface area (Å²) < 4.78 is 5.93. The van der Waals surface area contributed by atoms with Gasteiger partial charge in [0.25, 0.3) is 0 Å². The Morgan fingerprint density at radius 1 is 1.04 bits per heavy atom. The van der Waals surface area contributed by atoms with E-state index in [1.165, 1.54) is 0 Å². The topological polar surface area (TPSA) is 76.2 Å². The van der Waals surface area contributed by atoms with Crippen LogP contribution in [0.25, 0.3) is 10.8 Å². The number of aldehydes is 1. The van der Waals surface area contributed by atoms with Crippen molar-refractivity contribution < 1.29 is 9.53 Å². The van der Waals surface area contributed by atoms with Crippen molar-refractivity contribution in [3.05, 3.63) is 77.9 Å². The first-order valence-electron chi connectivity index (χ1n) is 8.13. The lowest BCUT2D eigenvalue weighted by Crippen LogP contribution is -2.25. The molecule has 4 heteroatoms. The number of rotatable bonds is 6. The predicted molar refractivity (Wildman–Crippen MR) is 100 cm³/mol. The van der Waals surface area contributed by atoms with Crippen LogP contribution in [0.1, 0.15) is 24.0 Å². The van der Waals surface area contributed by atoms with E-state index >= 15 is 0 Å². The number of benzene rings is 3. The van der Waals surface area contributed by atoms with Gasteiger partial charge in [-0.15, -0.1) is 0 Å². The van der Waals surface area contributed by atoms with Gasteiger partial charge in [-0.05, 0) is 34.5 Å². The smallest absolute Gasteiger partial charge is 0.161 e. The van der Waals surface area contributed by atoms with E-state index in [9.17, 15) is 4.79 Å². The molecule has 0 spiro atoms. The first-order valence-corrected chi connectivity index (χ1v) is 8.13. The second-order valence-electron chi connectivity index (χ2n) is 6.06. The molecule has 3 rings (SSSR count). The summed E-state index contributed by atoms with van der Waals surface area (Å²) in [5.74, 6) is 0.636. The first-order chi connectivity index (χ1) is 12.1. The maximum atomic E-state index is 11.5. The van der Waals surface area contributed by atoms with Crippen LogP contribution in [-0.2, 0) is 4.79 Å².